The molecule has 2 heterocycles. The molecule has 6 nitrogen and oxygen atoms in total. The maximum atomic E-state index is 12.7. The van der Waals surface area contributed by atoms with Gasteiger partial charge in [-0.15, -0.1) is 0 Å². The van der Waals surface area contributed by atoms with Crippen molar-refractivity contribution in [1.82, 2.24) is 14.5 Å². The fraction of sp³-hybridized carbons (Fsp3) is 0.692. The average Bonchev–Trinajstić information content (AvgIpc) is 2.95. The van der Waals surface area contributed by atoms with Gasteiger partial charge in [-0.05, 0) is 31.8 Å². The van der Waals surface area contributed by atoms with Crippen LogP contribution in [0.25, 0.3) is 0 Å². The maximum absolute atomic E-state index is 12.7. The molecule has 0 unspecified atom stereocenters. The number of halogens is 2. The van der Waals surface area contributed by atoms with Gasteiger partial charge < -0.3 is 9.84 Å². The molecule has 118 valence electrons. The van der Waals surface area contributed by atoms with E-state index in [1.54, 1.807) is 0 Å². The van der Waals surface area contributed by atoms with Crippen LogP contribution < -0.4 is 0 Å². The zero-order valence-electron chi connectivity index (χ0n) is 11.8. The number of piperidine rings is 1. The van der Waals surface area contributed by atoms with Crippen LogP contribution in [0.15, 0.2) is 12.4 Å². The first kappa shape index (κ1) is 15.8. The van der Waals surface area contributed by atoms with Gasteiger partial charge in [0.05, 0.1) is 13.7 Å². The Morgan fingerprint density at radius 3 is 2.76 bits per heavy atom. The Hall–Kier alpha value is -1.54. The number of rotatable bonds is 5. The monoisotopic (exact) mass is 303 g/mol. The van der Waals surface area contributed by atoms with Crippen LogP contribution in [0, 0.1) is 5.92 Å². The highest BCUT2D eigenvalue weighted by molar-refractivity contribution is 5.74. The molecule has 1 aliphatic heterocycles. The molecular weight excluding hydrogens is 284 g/mol. The van der Waals surface area contributed by atoms with Crippen LogP contribution in [-0.4, -0.2) is 51.8 Å². The molecule has 1 N–H and O–H groups in total. The molecule has 1 saturated heterocycles. The summed E-state index contributed by atoms with van der Waals surface area (Å²) >= 11 is 0. The van der Waals surface area contributed by atoms with Crippen molar-refractivity contribution in [2.45, 2.75) is 32.0 Å². The molecule has 1 aliphatic rings. The van der Waals surface area contributed by atoms with E-state index in [9.17, 15) is 18.7 Å². The number of hydrogen-bond donors (Lipinski definition) is 1. The van der Waals surface area contributed by atoms with Crippen molar-refractivity contribution >= 4 is 5.97 Å². The molecule has 0 radical (unpaired) electrons. The van der Waals surface area contributed by atoms with Gasteiger partial charge in [-0.25, -0.2) is 9.78 Å². The Morgan fingerprint density at radius 2 is 2.19 bits per heavy atom. The summed E-state index contributed by atoms with van der Waals surface area (Å²) in [5, 5.41) is 9.79. The lowest BCUT2D eigenvalue weighted by Crippen LogP contribution is -2.40. The number of methoxy groups -OCH3 is 1. The lowest BCUT2D eigenvalue weighted by atomic mass is 9.91. The van der Waals surface area contributed by atoms with Gasteiger partial charge in [0.2, 0.25) is 0 Å². The number of esters is 1. The van der Waals surface area contributed by atoms with Crippen LogP contribution in [0.3, 0.4) is 0 Å². The molecule has 0 saturated carbocycles. The number of nitrogens with zero attached hydrogens (tertiary/aromatic N) is 3. The van der Waals surface area contributed by atoms with Crippen LogP contribution in [0.5, 0.6) is 0 Å². The predicted octanol–water partition coefficient (Wildman–Crippen LogP) is 1.02. The molecule has 0 spiro atoms. The van der Waals surface area contributed by atoms with Crippen molar-refractivity contribution < 1.29 is 23.4 Å². The van der Waals surface area contributed by atoms with E-state index in [2.05, 4.69) is 9.72 Å². The average molecular weight is 303 g/mol. The first-order chi connectivity index (χ1) is 10.0. The Kier molecular flexibility index (Phi) is 5.24. The number of alkyl halides is 2. The van der Waals surface area contributed by atoms with E-state index in [0.29, 0.717) is 38.3 Å². The Morgan fingerprint density at radius 1 is 1.52 bits per heavy atom. The number of aliphatic hydroxyl groups excluding tert-OH is 1. The predicted molar refractivity (Wildman–Crippen MR) is 69.5 cm³/mol. The molecule has 0 aromatic carbocycles. The van der Waals surface area contributed by atoms with Gasteiger partial charge in [0.15, 0.2) is 6.10 Å². The standard InChI is InChI=1S/C13H19F2N3O3/c1-21-12(20)11(19)9-2-5-17(6-3-9)8-10-16-4-7-18(10)13(14)15/h4,7,9,11,13,19H,2-3,5-6,8H2,1H3/t11-/m1/s1. The van der Waals surface area contributed by atoms with Crippen molar-refractivity contribution in [3.05, 3.63) is 18.2 Å². The number of carbonyl (C=O) groups excluding carboxylic acids is 1. The second-order valence-corrected chi connectivity index (χ2v) is 5.11. The SMILES string of the molecule is COC(=O)[C@H](O)C1CCN(Cc2nccn2C(F)F)CC1. The topological polar surface area (TPSA) is 67.6 Å². The fourth-order valence-corrected chi connectivity index (χ4v) is 2.58. The highest BCUT2D eigenvalue weighted by atomic mass is 19.3. The third-order valence-corrected chi connectivity index (χ3v) is 3.85. The summed E-state index contributed by atoms with van der Waals surface area (Å²) < 4.78 is 30.8. The van der Waals surface area contributed by atoms with E-state index >= 15 is 0 Å². The summed E-state index contributed by atoms with van der Waals surface area (Å²) in [6.45, 7) is -1.02. The zero-order chi connectivity index (χ0) is 15.4. The van der Waals surface area contributed by atoms with Gasteiger partial charge in [-0.1, -0.05) is 0 Å². The van der Waals surface area contributed by atoms with Gasteiger partial charge in [0, 0.05) is 12.4 Å². The second-order valence-electron chi connectivity index (χ2n) is 5.11. The molecule has 0 amide bonds. The number of aromatic nitrogens is 2. The van der Waals surface area contributed by atoms with Crippen molar-refractivity contribution in [2.75, 3.05) is 20.2 Å². The van der Waals surface area contributed by atoms with Crippen molar-refractivity contribution in [3.63, 3.8) is 0 Å². The molecule has 2 rings (SSSR count). The summed E-state index contributed by atoms with van der Waals surface area (Å²) in [5.74, 6) is -0.456. The van der Waals surface area contributed by atoms with E-state index in [-0.39, 0.29) is 5.92 Å². The Labute approximate surface area is 121 Å². The summed E-state index contributed by atoms with van der Waals surface area (Å²) in [5.41, 5.74) is 0. The van der Waals surface area contributed by atoms with E-state index in [1.807, 2.05) is 4.90 Å². The summed E-state index contributed by atoms with van der Waals surface area (Å²) in [4.78, 5) is 17.2. The maximum Gasteiger partial charge on any atom is 0.334 e. The van der Waals surface area contributed by atoms with Crippen LogP contribution >= 0.6 is 0 Å². The van der Waals surface area contributed by atoms with Crippen molar-refractivity contribution in [2.24, 2.45) is 5.92 Å². The number of hydrogen-bond acceptors (Lipinski definition) is 5. The lowest BCUT2D eigenvalue weighted by Gasteiger charge is -2.33. The number of imidazole rings is 1. The van der Waals surface area contributed by atoms with E-state index in [4.69, 9.17) is 0 Å². The van der Waals surface area contributed by atoms with Crippen LogP contribution in [0.4, 0.5) is 8.78 Å². The highest BCUT2D eigenvalue weighted by Crippen LogP contribution is 2.23. The Balaban J connectivity index is 1.87. The number of likely N-dealkylation sites (tertiary alicyclic amines) is 1. The fourth-order valence-electron chi connectivity index (χ4n) is 2.58. The minimum Gasteiger partial charge on any atom is -0.467 e. The minimum absolute atomic E-state index is 0.149. The van der Waals surface area contributed by atoms with Gasteiger partial charge in [0.25, 0.3) is 0 Å². The van der Waals surface area contributed by atoms with E-state index < -0.39 is 18.6 Å². The molecule has 8 heteroatoms. The third kappa shape index (κ3) is 3.76. The largest absolute Gasteiger partial charge is 0.467 e. The van der Waals surface area contributed by atoms with Gasteiger partial charge in [-0.3, -0.25) is 9.47 Å². The van der Waals surface area contributed by atoms with Gasteiger partial charge in [0.1, 0.15) is 5.82 Å². The van der Waals surface area contributed by atoms with E-state index in [0.717, 1.165) is 4.57 Å². The van der Waals surface area contributed by atoms with E-state index in [1.165, 1.54) is 19.5 Å². The zero-order valence-corrected chi connectivity index (χ0v) is 11.8. The molecular formula is C13H19F2N3O3. The summed E-state index contributed by atoms with van der Waals surface area (Å²) in [7, 11) is 1.24. The van der Waals surface area contributed by atoms with Crippen molar-refractivity contribution in [1.29, 1.82) is 0 Å². The number of aliphatic hydroxyl groups is 1. The number of carbonyl (C=O) groups is 1. The number of ether oxygens (including phenoxy) is 1. The third-order valence-electron chi connectivity index (χ3n) is 3.85. The molecule has 1 aromatic heterocycles. The first-order valence-corrected chi connectivity index (χ1v) is 6.81. The smallest absolute Gasteiger partial charge is 0.334 e. The van der Waals surface area contributed by atoms with Gasteiger partial charge in [-0.2, -0.15) is 8.78 Å². The summed E-state index contributed by atoms with van der Waals surface area (Å²) in [6, 6.07) is 0. The quantitative estimate of drug-likeness (QED) is 0.823. The lowest BCUT2D eigenvalue weighted by molar-refractivity contribution is -0.154. The Bertz CT molecular complexity index is 473. The molecule has 1 atom stereocenters. The van der Waals surface area contributed by atoms with Crippen LogP contribution in [0.1, 0.15) is 25.2 Å². The molecule has 1 aromatic rings. The van der Waals surface area contributed by atoms with Crippen LogP contribution in [0.2, 0.25) is 0 Å². The molecule has 0 aliphatic carbocycles. The second kappa shape index (κ2) is 6.95. The van der Waals surface area contributed by atoms with Crippen molar-refractivity contribution in [3.8, 4) is 0 Å². The molecule has 1 fully saturated rings. The van der Waals surface area contributed by atoms with Crippen LogP contribution in [-0.2, 0) is 16.1 Å². The molecule has 21 heavy (non-hydrogen) atoms. The van der Waals surface area contributed by atoms with Gasteiger partial charge >= 0.3 is 12.5 Å². The minimum atomic E-state index is -2.60. The molecule has 0 bridgehead atoms. The first-order valence-electron chi connectivity index (χ1n) is 6.81. The highest BCUT2D eigenvalue weighted by Gasteiger charge is 2.30. The summed E-state index contributed by atoms with van der Waals surface area (Å²) in [6.07, 6.45) is 2.74. The normalized spacial score (nSPS) is 18.9.